The molecule has 0 aromatic heterocycles. The number of thiol groups is 1. The molecule has 20 heavy (non-hydrogen) atoms. The van der Waals surface area contributed by atoms with E-state index in [1.165, 1.54) is 87.9 Å². The Balaban J connectivity index is 2.94. The minimum atomic E-state index is 0.624. The van der Waals surface area contributed by atoms with Crippen molar-refractivity contribution in [2.45, 2.75) is 83.5 Å². The van der Waals surface area contributed by atoms with Crippen LogP contribution in [-0.4, -0.2) is 15.3 Å². The Hall–Kier alpha value is 0.970. The smallest absolute Gasteiger partial charge is 0.130 e. The summed E-state index contributed by atoms with van der Waals surface area (Å²) in [5.74, 6) is 0. The lowest BCUT2D eigenvalue weighted by molar-refractivity contribution is 0.539. The van der Waals surface area contributed by atoms with Crippen molar-refractivity contribution in [3.05, 3.63) is 0 Å². The maximum Gasteiger partial charge on any atom is 0.130 e. The molecule has 1 nitrogen and oxygen atoms in total. The van der Waals surface area contributed by atoms with Gasteiger partial charge in [-0.1, -0.05) is 105 Å². The Morgan fingerprint density at radius 3 is 1.40 bits per heavy atom. The molecule has 0 saturated heterocycles. The Kier molecular flexibility index (Phi) is 18.9. The van der Waals surface area contributed by atoms with Gasteiger partial charge in [-0.25, -0.2) is 0 Å². The van der Waals surface area contributed by atoms with Crippen molar-refractivity contribution in [1.29, 1.82) is 0 Å². The van der Waals surface area contributed by atoms with E-state index < -0.39 is 0 Å². The molecule has 0 fully saturated rings. The summed E-state index contributed by atoms with van der Waals surface area (Å²) in [6.07, 6.45) is 18.3. The van der Waals surface area contributed by atoms with E-state index in [0.717, 1.165) is 6.54 Å². The first-order valence-corrected chi connectivity index (χ1v) is 10.7. The van der Waals surface area contributed by atoms with Crippen molar-refractivity contribution in [2.24, 2.45) is 0 Å². The van der Waals surface area contributed by atoms with Crippen molar-refractivity contribution < 1.29 is 0 Å². The standard InChI is InChI=1S/C16H32INS2/c17-14-12-10-8-6-4-2-1-3-5-7-9-11-13-15-18-16(19)20/h1-15H2,(H2,18,19,20). The molecule has 4 heteroatoms. The predicted octanol–water partition coefficient (Wildman–Crippen LogP) is 6.30. The highest BCUT2D eigenvalue weighted by Gasteiger charge is 1.94. The molecule has 120 valence electrons. The fourth-order valence-corrected chi connectivity index (χ4v) is 3.11. The van der Waals surface area contributed by atoms with Gasteiger partial charge in [0.2, 0.25) is 0 Å². The van der Waals surface area contributed by atoms with E-state index >= 15 is 0 Å². The van der Waals surface area contributed by atoms with E-state index in [0.29, 0.717) is 4.32 Å². The zero-order chi connectivity index (χ0) is 14.9. The largest absolute Gasteiger partial charge is 0.371 e. The molecule has 0 atom stereocenters. The lowest BCUT2D eigenvalue weighted by Crippen LogP contribution is -2.17. The number of thiocarbonyl (C=S) groups is 1. The number of rotatable bonds is 15. The van der Waals surface area contributed by atoms with Gasteiger partial charge in [-0.15, -0.1) is 12.6 Å². The van der Waals surface area contributed by atoms with Crippen LogP contribution in [0.3, 0.4) is 0 Å². The van der Waals surface area contributed by atoms with Crippen LogP contribution in [0.5, 0.6) is 0 Å². The molecule has 0 spiro atoms. The highest BCUT2D eigenvalue weighted by atomic mass is 127. The van der Waals surface area contributed by atoms with E-state index in [2.05, 4.69) is 40.5 Å². The number of halogens is 1. The Labute approximate surface area is 151 Å². The third kappa shape index (κ3) is 19.0. The lowest BCUT2D eigenvalue weighted by Gasteiger charge is -2.04. The van der Waals surface area contributed by atoms with E-state index in [1.807, 2.05) is 0 Å². The number of hydrogen-bond acceptors (Lipinski definition) is 1. The van der Waals surface area contributed by atoms with Crippen molar-refractivity contribution in [3.63, 3.8) is 0 Å². The number of unbranched alkanes of at least 4 members (excludes halogenated alkanes) is 12. The average Bonchev–Trinajstić information content (AvgIpc) is 2.43. The van der Waals surface area contributed by atoms with Gasteiger partial charge in [0.15, 0.2) is 0 Å². The highest BCUT2D eigenvalue weighted by Crippen LogP contribution is 2.12. The second-order valence-corrected chi connectivity index (χ2v) is 7.75. The summed E-state index contributed by atoms with van der Waals surface area (Å²) >= 11 is 11.4. The summed E-state index contributed by atoms with van der Waals surface area (Å²) in [4.78, 5) is 0. The Morgan fingerprint density at radius 1 is 0.700 bits per heavy atom. The van der Waals surface area contributed by atoms with Crippen LogP contribution in [0.15, 0.2) is 0 Å². The monoisotopic (exact) mass is 429 g/mol. The van der Waals surface area contributed by atoms with Gasteiger partial charge >= 0.3 is 0 Å². The molecular weight excluding hydrogens is 397 g/mol. The van der Waals surface area contributed by atoms with Gasteiger partial charge in [0.1, 0.15) is 4.32 Å². The van der Waals surface area contributed by atoms with Gasteiger partial charge in [-0.2, -0.15) is 0 Å². The number of nitrogens with one attached hydrogen (secondary N) is 1. The van der Waals surface area contributed by atoms with Crippen LogP contribution in [0.1, 0.15) is 83.5 Å². The maximum absolute atomic E-state index is 4.85. The Bertz CT molecular complexity index is 213. The quantitative estimate of drug-likeness (QED) is 0.104. The molecule has 0 rings (SSSR count). The van der Waals surface area contributed by atoms with Crippen molar-refractivity contribution in [3.8, 4) is 0 Å². The van der Waals surface area contributed by atoms with Gasteiger partial charge < -0.3 is 5.32 Å². The van der Waals surface area contributed by atoms with Crippen LogP contribution in [-0.2, 0) is 0 Å². The van der Waals surface area contributed by atoms with Crippen LogP contribution in [0, 0.1) is 0 Å². The van der Waals surface area contributed by atoms with E-state index in [1.54, 1.807) is 0 Å². The molecule has 0 saturated carbocycles. The van der Waals surface area contributed by atoms with E-state index in [9.17, 15) is 0 Å². The Morgan fingerprint density at radius 2 is 1.05 bits per heavy atom. The number of alkyl halides is 1. The topological polar surface area (TPSA) is 12.0 Å². The molecule has 0 aliphatic rings. The van der Waals surface area contributed by atoms with Crippen molar-refractivity contribution >= 4 is 51.8 Å². The van der Waals surface area contributed by atoms with Gasteiger partial charge in [-0.05, 0) is 17.3 Å². The maximum atomic E-state index is 4.85. The van der Waals surface area contributed by atoms with Gasteiger partial charge in [0, 0.05) is 6.54 Å². The normalized spacial score (nSPS) is 10.7. The summed E-state index contributed by atoms with van der Waals surface area (Å²) in [5, 5.41) is 3.08. The highest BCUT2D eigenvalue weighted by molar-refractivity contribution is 14.1. The first-order chi connectivity index (χ1) is 9.77. The third-order valence-corrected chi connectivity index (χ3v) is 4.65. The summed E-state index contributed by atoms with van der Waals surface area (Å²) in [5.41, 5.74) is 0. The van der Waals surface area contributed by atoms with Crippen LogP contribution in [0.4, 0.5) is 0 Å². The van der Waals surface area contributed by atoms with Gasteiger partial charge in [0.25, 0.3) is 0 Å². The van der Waals surface area contributed by atoms with Crippen LogP contribution in [0.25, 0.3) is 0 Å². The summed E-state index contributed by atoms with van der Waals surface area (Å²) < 4.78 is 1.95. The number of hydrogen-bond donors (Lipinski definition) is 2. The second-order valence-electron chi connectivity index (χ2n) is 5.52. The van der Waals surface area contributed by atoms with Crippen LogP contribution >= 0.6 is 47.4 Å². The minimum Gasteiger partial charge on any atom is -0.371 e. The zero-order valence-corrected chi connectivity index (χ0v) is 16.7. The second kappa shape index (κ2) is 18.0. The SMILES string of the molecule is S=C(S)NCCCCCCCCCCCCCCCI. The van der Waals surface area contributed by atoms with Crippen molar-refractivity contribution in [1.82, 2.24) is 5.32 Å². The molecule has 1 N–H and O–H groups in total. The van der Waals surface area contributed by atoms with Gasteiger partial charge in [0.05, 0.1) is 0 Å². The first-order valence-electron chi connectivity index (χ1n) is 8.30. The molecule has 0 amide bonds. The molecule has 0 aromatic carbocycles. The first kappa shape index (κ1) is 21.0. The molecule has 0 aliphatic heterocycles. The fraction of sp³-hybridized carbons (Fsp3) is 0.938. The molecule has 0 heterocycles. The molecular formula is C16H32INS2. The fourth-order valence-electron chi connectivity index (χ4n) is 2.36. The lowest BCUT2D eigenvalue weighted by atomic mass is 10.0. The average molecular weight is 429 g/mol. The third-order valence-electron chi connectivity index (χ3n) is 3.59. The predicted molar refractivity (Wildman–Crippen MR) is 108 cm³/mol. The van der Waals surface area contributed by atoms with E-state index in [4.69, 9.17) is 12.2 Å². The molecule has 0 bridgehead atoms. The van der Waals surface area contributed by atoms with Crippen LogP contribution in [0.2, 0.25) is 0 Å². The van der Waals surface area contributed by atoms with Crippen LogP contribution < -0.4 is 5.32 Å². The summed E-state index contributed by atoms with van der Waals surface area (Å²) in [6, 6.07) is 0. The molecule has 0 aromatic rings. The van der Waals surface area contributed by atoms with E-state index in [-0.39, 0.29) is 0 Å². The van der Waals surface area contributed by atoms with Gasteiger partial charge in [-0.3, -0.25) is 0 Å². The zero-order valence-electron chi connectivity index (χ0n) is 12.8. The van der Waals surface area contributed by atoms with Crippen molar-refractivity contribution in [2.75, 3.05) is 11.0 Å². The minimum absolute atomic E-state index is 0.624. The summed E-state index contributed by atoms with van der Waals surface area (Å²) in [6.45, 7) is 0.986. The molecule has 0 aliphatic carbocycles. The molecule has 0 radical (unpaired) electrons. The summed E-state index contributed by atoms with van der Waals surface area (Å²) in [7, 11) is 0. The molecule has 0 unspecified atom stereocenters.